The molecule has 1 aliphatic rings. The van der Waals surface area contributed by atoms with E-state index in [0.717, 1.165) is 5.56 Å². The fourth-order valence-electron chi connectivity index (χ4n) is 3.27. The smallest absolute Gasteiger partial charge is 0.273 e. The fourth-order valence-corrected chi connectivity index (χ4v) is 7.48. The Hall–Kier alpha value is -2.07. The number of fused-ring (bicyclic) bond motifs is 1. The fraction of sp³-hybridized carbons (Fsp3) is 0.158. The first-order chi connectivity index (χ1) is 13.8. The molecule has 0 radical (unpaired) electrons. The van der Waals surface area contributed by atoms with Gasteiger partial charge in [0.15, 0.2) is 0 Å². The molecule has 1 N–H and O–H groups in total. The van der Waals surface area contributed by atoms with Crippen LogP contribution in [0.1, 0.15) is 12.0 Å². The van der Waals surface area contributed by atoms with Crippen molar-refractivity contribution >= 4 is 54.4 Å². The number of nitrogens with one attached hydrogen (secondary N) is 1. The second-order valence-electron chi connectivity index (χ2n) is 6.49. The minimum atomic E-state index is -3.86. The molecule has 2 heterocycles. The molecule has 0 fully saturated rings. The van der Waals surface area contributed by atoms with E-state index in [1.165, 1.54) is 27.8 Å². The van der Waals surface area contributed by atoms with Gasteiger partial charge in [-0.3, -0.25) is 9.03 Å². The van der Waals surface area contributed by atoms with Crippen LogP contribution in [-0.4, -0.2) is 23.4 Å². The zero-order valence-corrected chi connectivity index (χ0v) is 18.3. The minimum absolute atomic E-state index is 0.0127. The molecule has 0 amide bonds. The number of hydrogen-bond donors (Lipinski definition) is 1. The van der Waals surface area contributed by atoms with E-state index in [4.69, 9.17) is 11.6 Å². The molecule has 10 heteroatoms. The van der Waals surface area contributed by atoms with Crippen molar-refractivity contribution in [1.29, 1.82) is 0 Å². The van der Waals surface area contributed by atoms with Crippen LogP contribution in [0.15, 0.2) is 69.1 Å². The molecule has 0 saturated carbocycles. The maximum absolute atomic E-state index is 13.0. The number of sulfonamides is 2. The van der Waals surface area contributed by atoms with E-state index in [1.807, 2.05) is 0 Å². The van der Waals surface area contributed by atoms with E-state index in [0.29, 0.717) is 30.8 Å². The third-order valence-corrected chi connectivity index (χ3v) is 9.64. The summed E-state index contributed by atoms with van der Waals surface area (Å²) in [5.41, 5.74) is 1.71. The van der Waals surface area contributed by atoms with Gasteiger partial charge in [0.2, 0.25) is 0 Å². The molecule has 0 atom stereocenters. The van der Waals surface area contributed by atoms with Gasteiger partial charge in [-0.2, -0.15) is 0 Å². The van der Waals surface area contributed by atoms with Crippen LogP contribution in [0, 0.1) is 0 Å². The number of hydrogen-bond acceptors (Lipinski definition) is 5. The highest BCUT2D eigenvalue weighted by Gasteiger charge is 2.30. The topological polar surface area (TPSA) is 83.6 Å². The first-order valence-electron chi connectivity index (χ1n) is 8.75. The van der Waals surface area contributed by atoms with Gasteiger partial charge >= 0.3 is 0 Å². The molecule has 29 heavy (non-hydrogen) atoms. The molecule has 4 rings (SSSR count). The first kappa shape index (κ1) is 20.2. The normalized spacial score (nSPS) is 14.4. The van der Waals surface area contributed by atoms with Crippen LogP contribution in [0.3, 0.4) is 0 Å². The van der Waals surface area contributed by atoms with Crippen molar-refractivity contribution in [1.82, 2.24) is 0 Å². The summed E-state index contributed by atoms with van der Waals surface area (Å²) in [6, 6.07) is 14.4. The molecular weight excluding hydrogens is 452 g/mol. The second kappa shape index (κ2) is 7.64. The second-order valence-corrected chi connectivity index (χ2v) is 11.6. The average molecular weight is 469 g/mol. The molecule has 152 valence electrons. The highest BCUT2D eigenvalue weighted by Crippen LogP contribution is 2.35. The average Bonchev–Trinajstić information content (AvgIpc) is 3.23. The Morgan fingerprint density at radius 3 is 2.52 bits per heavy atom. The number of halogens is 1. The van der Waals surface area contributed by atoms with Crippen molar-refractivity contribution in [2.45, 2.75) is 21.9 Å². The highest BCUT2D eigenvalue weighted by atomic mass is 35.5. The molecule has 0 unspecified atom stereocenters. The summed E-state index contributed by atoms with van der Waals surface area (Å²) >= 11 is 7.19. The van der Waals surface area contributed by atoms with Crippen molar-refractivity contribution in [3.05, 3.63) is 70.6 Å². The first-order valence-corrected chi connectivity index (χ1v) is 12.9. The summed E-state index contributed by atoms with van der Waals surface area (Å²) in [4.78, 5) is -0.0127. The largest absolute Gasteiger partial charge is 0.280 e. The third-order valence-electron chi connectivity index (χ3n) is 4.57. The highest BCUT2D eigenvalue weighted by molar-refractivity contribution is 7.94. The molecular formula is C19H17ClN2O4S3. The summed E-state index contributed by atoms with van der Waals surface area (Å²) in [6.07, 6.45) is 1.31. The summed E-state index contributed by atoms with van der Waals surface area (Å²) in [7, 11) is -7.49. The van der Waals surface area contributed by atoms with Gasteiger partial charge in [-0.25, -0.2) is 16.8 Å². The number of benzene rings is 2. The Morgan fingerprint density at radius 1 is 1.00 bits per heavy atom. The molecule has 0 aliphatic carbocycles. The van der Waals surface area contributed by atoms with Gasteiger partial charge in [-0.05, 0) is 60.2 Å². The predicted molar refractivity (Wildman–Crippen MR) is 116 cm³/mol. The van der Waals surface area contributed by atoms with Gasteiger partial charge in [-0.15, -0.1) is 11.3 Å². The van der Waals surface area contributed by atoms with Crippen LogP contribution in [0.2, 0.25) is 5.02 Å². The van der Waals surface area contributed by atoms with Gasteiger partial charge in [0.05, 0.1) is 10.7 Å². The molecule has 6 nitrogen and oxygen atoms in total. The SMILES string of the molecule is O=S(=O)(Nc1ccc2c(c1)CCCN2S(=O)(=O)c1cccs1)c1ccccc1Cl. The lowest BCUT2D eigenvalue weighted by Crippen LogP contribution is -2.35. The molecule has 2 aromatic carbocycles. The number of thiophene rings is 1. The maximum atomic E-state index is 13.0. The van der Waals surface area contributed by atoms with E-state index >= 15 is 0 Å². The number of rotatable bonds is 5. The Balaban J connectivity index is 1.67. The van der Waals surface area contributed by atoms with Crippen LogP contribution < -0.4 is 9.03 Å². The van der Waals surface area contributed by atoms with Crippen LogP contribution in [0.4, 0.5) is 11.4 Å². The lowest BCUT2D eigenvalue weighted by atomic mass is 10.0. The molecule has 3 aromatic rings. The molecule has 1 aliphatic heterocycles. The number of anilines is 2. The van der Waals surface area contributed by atoms with Crippen LogP contribution >= 0.6 is 22.9 Å². The van der Waals surface area contributed by atoms with E-state index in [2.05, 4.69) is 4.72 Å². The van der Waals surface area contributed by atoms with Gasteiger partial charge < -0.3 is 0 Å². The summed E-state index contributed by atoms with van der Waals surface area (Å²) in [6.45, 7) is 0.387. The van der Waals surface area contributed by atoms with Crippen LogP contribution in [-0.2, 0) is 26.5 Å². The molecule has 0 saturated heterocycles. The van der Waals surface area contributed by atoms with E-state index in [1.54, 1.807) is 47.8 Å². The third kappa shape index (κ3) is 3.87. The van der Waals surface area contributed by atoms with Crippen LogP contribution in [0.5, 0.6) is 0 Å². The summed E-state index contributed by atoms with van der Waals surface area (Å²) < 4.78 is 55.5. The molecule has 1 aromatic heterocycles. The standard InChI is InChI=1S/C19H17ClN2O4S3/c20-16-6-1-2-7-18(16)28(23,24)21-15-9-10-17-14(13-15)5-3-11-22(17)29(25,26)19-8-4-12-27-19/h1-2,4,6-10,12-13,21H,3,5,11H2. The van der Waals surface area contributed by atoms with E-state index in [-0.39, 0.29) is 14.1 Å². The van der Waals surface area contributed by atoms with Crippen molar-refractivity contribution in [2.75, 3.05) is 15.6 Å². The van der Waals surface area contributed by atoms with Gasteiger partial charge in [0.25, 0.3) is 20.0 Å². The Labute approximate surface area is 178 Å². The Bertz CT molecular complexity index is 1260. The predicted octanol–water partition coefficient (Wildman–Crippen LogP) is 4.34. The maximum Gasteiger partial charge on any atom is 0.273 e. The zero-order chi connectivity index (χ0) is 20.6. The number of nitrogens with zero attached hydrogens (tertiary/aromatic N) is 1. The monoisotopic (exact) mass is 468 g/mol. The minimum Gasteiger partial charge on any atom is -0.280 e. The van der Waals surface area contributed by atoms with Gasteiger partial charge in [0, 0.05) is 12.2 Å². The molecule has 0 spiro atoms. The van der Waals surface area contributed by atoms with E-state index < -0.39 is 20.0 Å². The van der Waals surface area contributed by atoms with Crippen molar-refractivity contribution in [3.63, 3.8) is 0 Å². The Kier molecular flexibility index (Phi) is 5.32. The number of aryl methyl sites for hydroxylation is 1. The van der Waals surface area contributed by atoms with Crippen LogP contribution in [0.25, 0.3) is 0 Å². The zero-order valence-electron chi connectivity index (χ0n) is 15.1. The van der Waals surface area contributed by atoms with Crippen molar-refractivity contribution < 1.29 is 16.8 Å². The van der Waals surface area contributed by atoms with Gasteiger partial charge in [0.1, 0.15) is 9.10 Å². The lowest BCUT2D eigenvalue weighted by molar-refractivity contribution is 0.588. The van der Waals surface area contributed by atoms with Crippen molar-refractivity contribution in [3.8, 4) is 0 Å². The summed E-state index contributed by atoms with van der Waals surface area (Å²) in [5.74, 6) is 0. The quantitative estimate of drug-likeness (QED) is 0.603. The van der Waals surface area contributed by atoms with Gasteiger partial charge in [-0.1, -0.05) is 29.8 Å². The van der Waals surface area contributed by atoms with E-state index in [9.17, 15) is 16.8 Å². The lowest BCUT2D eigenvalue weighted by Gasteiger charge is -2.30. The Morgan fingerprint density at radius 2 is 1.79 bits per heavy atom. The molecule has 0 bridgehead atoms. The summed E-state index contributed by atoms with van der Waals surface area (Å²) in [5, 5.41) is 1.86. The van der Waals surface area contributed by atoms with Crippen molar-refractivity contribution in [2.24, 2.45) is 0 Å².